The predicted octanol–water partition coefficient (Wildman–Crippen LogP) is 3.92. The van der Waals surface area contributed by atoms with Crippen LogP contribution in [0.25, 0.3) is 0 Å². The summed E-state index contributed by atoms with van der Waals surface area (Å²) in [5.41, 5.74) is 4.97. The Morgan fingerprint density at radius 3 is 2.67 bits per heavy atom. The van der Waals surface area contributed by atoms with Gasteiger partial charge in [-0.25, -0.2) is 0 Å². The summed E-state index contributed by atoms with van der Waals surface area (Å²) in [5, 5.41) is 0.906. The molecule has 0 aliphatic heterocycles. The second-order valence-corrected chi connectivity index (χ2v) is 4.98. The first-order valence-electron chi connectivity index (χ1n) is 5.97. The molecular weight excluding hydrogens is 288 g/mol. The molecule has 2 aromatic rings. The van der Waals surface area contributed by atoms with Crippen LogP contribution in [0.3, 0.4) is 0 Å². The Bertz CT molecular complexity index is 511. The van der Waals surface area contributed by atoms with Crippen LogP contribution in [0.15, 0.2) is 42.6 Å². The van der Waals surface area contributed by atoms with E-state index >= 15 is 0 Å². The number of alkyl halides is 1. The average Bonchev–Trinajstić information content (AvgIpc) is 2.39. The van der Waals surface area contributed by atoms with E-state index in [9.17, 15) is 0 Å². The first-order chi connectivity index (χ1) is 8.70. The number of nitrogens with zero attached hydrogens (tertiary/aromatic N) is 2. The Kier molecular flexibility index (Phi) is 4.37. The molecule has 94 valence electrons. The van der Waals surface area contributed by atoms with E-state index in [2.05, 4.69) is 64.1 Å². The van der Waals surface area contributed by atoms with Crippen LogP contribution in [0.5, 0.6) is 0 Å². The molecule has 2 rings (SSSR count). The number of pyridine rings is 1. The molecule has 1 aromatic heterocycles. The second kappa shape index (κ2) is 6.01. The average molecular weight is 305 g/mol. The lowest BCUT2D eigenvalue weighted by Gasteiger charge is -2.20. The fourth-order valence-corrected chi connectivity index (χ4v) is 2.52. The number of benzene rings is 1. The highest BCUT2D eigenvalue weighted by Crippen LogP contribution is 2.21. The summed E-state index contributed by atoms with van der Waals surface area (Å²) in [5.74, 6) is 0. The maximum atomic E-state index is 4.35. The maximum absolute atomic E-state index is 4.35. The monoisotopic (exact) mass is 304 g/mol. The lowest BCUT2D eigenvalue weighted by molar-refractivity contribution is 0.884. The highest BCUT2D eigenvalue weighted by atomic mass is 79.9. The molecular formula is C15H17BrN2. The summed E-state index contributed by atoms with van der Waals surface area (Å²) in [7, 11) is 2.09. The van der Waals surface area contributed by atoms with E-state index in [1.165, 1.54) is 16.8 Å². The van der Waals surface area contributed by atoms with Gasteiger partial charge in [-0.2, -0.15) is 0 Å². The largest absolute Gasteiger partial charge is 0.369 e. The molecule has 0 unspecified atom stereocenters. The van der Waals surface area contributed by atoms with E-state index in [0.717, 1.165) is 17.6 Å². The number of rotatable bonds is 4. The fourth-order valence-electron chi connectivity index (χ4n) is 1.89. The summed E-state index contributed by atoms with van der Waals surface area (Å²) in [6.07, 6.45) is 1.84. The van der Waals surface area contributed by atoms with Gasteiger partial charge in [0.05, 0.1) is 12.2 Å². The molecule has 0 fully saturated rings. The summed E-state index contributed by atoms with van der Waals surface area (Å²) in [4.78, 5) is 6.57. The first-order valence-corrected chi connectivity index (χ1v) is 7.09. The lowest BCUT2D eigenvalue weighted by atomic mass is 10.1. The normalized spacial score (nSPS) is 10.4. The van der Waals surface area contributed by atoms with E-state index < -0.39 is 0 Å². The molecule has 0 aliphatic rings. The van der Waals surface area contributed by atoms with Crippen LogP contribution in [-0.2, 0) is 11.9 Å². The molecule has 1 heterocycles. The minimum Gasteiger partial charge on any atom is -0.369 e. The third-order valence-corrected chi connectivity index (χ3v) is 3.64. The molecule has 0 aliphatic carbocycles. The van der Waals surface area contributed by atoms with Gasteiger partial charge in [0.2, 0.25) is 0 Å². The molecule has 18 heavy (non-hydrogen) atoms. The molecule has 0 saturated heterocycles. The van der Waals surface area contributed by atoms with Crippen LogP contribution in [0.2, 0.25) is 0 Å². The number of aromatic nitrogens is 1. The van der Waals surface area contributed by atoms with Gasteiger partial charge in [0.1, 0.15) is 0 Å². The highest BCUT2D eigenvalue weighted by molar-refractivity contribution is 9.08. The van der Waals surface area contributed by atoms with Crippen molar-refractivity contribution in [1.29, 1.82) is 0 Å². The van der Waals surface area contributed by atoms with E-state index in [1.54, 1.807) is 0 Å². The Labute approximate surface area is 117 Å². The minimum atomic E-state index is 0.827. The van der Waals surface area contributed by atoms with Crippen LogP contribution in [0.4, 0.5) is 5.69 Å². The van der Waals surface area contributed by atoms with Crippen molar-refractivity contribution < 1.29 is 0 Å². The highest BCUT2D eigenvalue weighted by Gasteiger charge is 2.05. The predicted molar refractivity (Wildman–Crippen MR) is 80.2 cm³/mol. The molecule has 0 N–H and O–H groups in total. The van der Waals surface area contributed by atoms with Crippen molar-refractivity contribution in [1.82, 2.24) is 4.98 Å². The van der Waals surface area contributed by atoms with Gasteiger partial charge in [-0.1, -0.05) is 28.1 Å². The van der Waals surface area contributed by atoms with Crippen molar-refractivity contribution in [2.75, 3.05) is 11.9 Å². The van der Waals surface area contributed by atoms with Crippen LogP contribution in [-0.4, -0.2) is 12.0 Å². The molecule has 0 spiro atoms. The molecule has 0 atom stereocenters. The van der Waals surface area contributed by atoms with Crippen molar-refractivity contribution in [3.8, 4) is 0 Å². The molecule has 0 saturated carbocycles. The number of aryl methyl sites for hydroxylation is 1. The SMILES string of the molecule is Cc1cc(N(C)Cc2ccccn2)ccc1CBr. The zero-order chi connectivity index (χ0) is 13.0. The standard InChI is InChI=1S/C15H17BrN2/c1-12-9-15(7-6-13(12)10-16)18(2)11-14-5-3-4-8-17-14/h3-9H,10-11H2,1-2H3. The number of hydrogen-bond donors (Lipinski definition) is 0. The van der Waals surface area contributed by atoms with E-state index in [4.69, 9.17) is 0 Å². The molecule has 0 bridgehead atoms. The minimum absolute atomic E-state index is 0.827. The van der Waals surface area contributed by atoms with E-state index in [0.29, 0.717) is 0 Å². The van der Waals surface area contributed by atoms with Gasteiger partial charge in [0, 0.05) is 24.3 Å². The van der Waals surface area contributed by atoms with Gasteiger partial charge in [-0.05, 0) is 42.3 Å². The smallest absolute Gasteiger partial charge is 0.0598 e. The van der Waals surface area contributed by atoms with Crippen LogP contribution in [0, 0.1) is 6.92 Å². The van der Waals surface area contributed by atoms with Crippen LogP contribution < -0.4 is 4.90 Å². The van der Waals surface area contributed by atoms with Gasteiger partial charge in [0.25, 0.3) is 0 Å². The third kappa shape index (κ3) is 3.10. The molecule has 0 radical (unpaired) electrons. The zero-order valence-corrected chi connectivity index (χ0v) is 12.3. The Morgan fingerprint density at radius 2 is 2.06 bits per heavy atom. The van der Waals surface area contributed by atoms with Gasteiger partial charge in [-0.15, -0.1) is 0 Å². The quantitative estimate of drug-likeness (QED) is 0.796. The summed E-state index contributed by atoms with van der Waals surface area (Å²) >= 11 is 3.50. The van der Waals surface area contributed by atoms with Crippen LogP contribution in [0.1, 0.15) is 16.8 Å². The maximum Gasteiger partial charge on any atom is 0.0598 e. The van der Waals surface area contributed by atoms with Crippen molar-refractivity contribution in [2.24, 2.45) is 0 Å². The van der Waals surface area contributed by atoms with Gasteiger partial charge in [0.15, 0.2) is 0 Å². The Morgan fingerprint density at radius 1 is 1.22 bits per heavy atom. The van der Waals surface area contributed by atoms with Gasteiger partial charge in [-0.3, -0.25) is 4.98 Å². The van der Waals surface area contributed by atoms with Gasteiger partial charge >= 0.3 is 0 Å². The van der Waals surface area contributed by atoms with Crippen molar-refractivity contribution in [2.45, 2.75) is 18.8 Å². The Balaban J connectivity index is 2.14. The fraction of sp³-hybridized carbons (Fsp3) is 0.267. The van der Waals surface area contributed by atoms with Crippen molar-refractivity contribution in [3.05, 3.63) is 59.4 Å². The third-order valence-electron chi connectivity index (χ3n) is 3.04. The molecule has 0 amide bonds. The summed E-state index contributed by atoms with van der Waals surface area (Å²) in [6, 6.07) is 12.6. The lowest BCUT2D eigenvalue weighted by Crippen LogP contribution is -2.17. The second-order valence-electron chi connectivity index (χ2n) is 4.42. The van der Waals surface area contributed by atoms with Crippen molar-refractivity contribution >= 4 is 21.6 Å². The first kappa shape index (κ1) is 13.1. The van der Waals surface area contributed by atoms with E-state index in [-0.39, 0.29) is 0 Å². The molecule has 3 heteroatoms. The number of halogens is 1. The van der Waals surface area contributed by atoms with E-state index in [1.807, 2.05) is 18.3 Å². The molecule has 2 nitrogen and oxygen atoms in total. The summed E-state index contributed by atoms with van der Waals surface area (Å²) < 4.78 is 0. The van der Waals surface area contributed by atoms with Crippen LogP contribution >= 0.6 is 15.9 Å². The topological polar surface area (TPSA) is 16.1 Å². The number of anilines is 1. The number of hydrogen-bond acceptors (Lipinski definition) is 2. The van der Waals surface area contributed by atoms with Gasteiger partial charge < -0.3 is 4.90 Å². The van der Waals surface area contributed by atoms with Crippen molar-refractivity contribution in [3.63, 3.8) is 0 Å². The molecule has 1 aromatic carbocycles. The zero-order valence-electron chi connectivity index (χ0n) is 10.7. The Hall–Kier alpha value is -1.35. The summed E-state index contributed by atoms with van der Waals surface area (Å²) in [6.45, 7) is 2.97.